The van der Waals surface area contributed by atoms with Crippen molar-refractivity contribution in [1.82, 2.24) is 0 Å². The van der Waals surface area contributed by atoms with Gasteiger partial charge in [0.1, 0.15) is 6.54 Å². The van der Waals surface area contributed by atoms with Gasteiger partial charge in [-0.3, -0.25) is 13.9 Å². The Kier molecular flexibility index (Phi) is 8.33. The van der Waals surface area contributed by atoms with Crippen LogP contribution in [0.2, 0.25) is 10.0 Å². The Labute approximate surface area is 221 Å². The molecule has 0 saturated heterocycles. The standard InChI is InChI=1S/C26H27Cl2N3O4S/c1-26(2,3)18-13-11-17(12-14-18)25(33)30-20-8-5-7-19(15-20)29-23(32)16-31(36(4,34)35)22-10-6-9-21(27)24(22)28/h5-15H,16H2,1-4H3,(H,29,32)(H,30,33). The third-order valence-corrected chi connectivity index (χ3v) is 7.24. The Hall–Kier alpha value is -3.07. The lowest BCUT2D eigenvalue weighted by atomic mass is 9.87. The van der Waals surface area contributed by atoms with Crippen LogP contribution in [0.15, 0.2) is 66.7 Å². The molecule has 0 aliphatic heterocycles. The molecule has 0 bridgehead atoms. The molecule has 0 aliphatic rings. The minimum absolute atomic E-state index is 0.0215. The summed E-state index contributed by atoms with van der Waals surface area (Å²) in [7, 11) is -3.84. The van der Waals surface area contributed by atoms with Crippen molar-refractivity contribution in [3.63, 3.8) is 0 Å². The molecule has 0 unspecified atom stereocenters. The third kappa shape index (κ3) is 7.00. The van der Waals surface area contributed by atoms with E-state index >= 15 is 0 Å². The van der Waals surface area contributed by atoms with E-state index in [-0.39, 0.29) is 27.1 Å². The Morgan fingerprint density at radius 1 is 0.889 bits per heavy atom. The third-order valence-electron chi connectivity index (χ3n) is 5.30. The lowest BCUT2D eigenvalue weighted by molar-refractivity contribution is -0.114. The molecular weight excluding hydrogens is 521 g/mol. The van der Waals surface area contributed by atoms with Gasteiger partial charge < -0.3 is 10.6 Å². The second-order valence-electron chi connectivity index (χ2n) is 9.25. The second-order valence-corrected chi connectivity index (χ2v) is 11.9. The molecule has 0 radical (unpaired) electrons. The maximum Gasteiger partial charge on any atom is 0.255 e. The molecule has 10 heteroatoms. The van der Waals surface area contributed by atoms with Gasteiger partial charge in [-0.15, -0.1) is 0 Å². The summed E-state index contributed by atoms with van der Waals surface area (Å²) in [6.45, 7) is 5.78. The predicted octanol–water partition coefficient (Wildman–Crippen LogP) is 5.95. The van der Waals surface area contributed by atoms with Gasteiger partial charge in [0.2, 0.25) is 15.9 Å². The number of nitrogens with zero attached hydrogens (tertiary/aromatic N) is 1. The van der Waals surface area contributed by atoms with Gasteiger partial charge in [0.05, 0.1) is 22.0 Å². The zero-order chi connectivity index (χ0) is 26.7. The number of benzene rings is 3. The predicted molar refractivity (Wildman–Crippen MR) is 147 cm³/mol. The lowest BCUT2D eigenvalue weighted by Gasteiger charge is -2.23. The summed E-state index contributed by atoms with van der Waals surface area (Å²) in [4.78, 5) is 25.4. The summed E-state index contributed by atoms with van der Waals surface area (Å²) >= 11 is 12.2. The molecule has 0 saturated carbocycles. The quantitative estimate of drug-likeness (QED) is 0.382. The molecule has 190 valence electrons. The maximum absolute atomic E-state index is 12.7. The van der Waals surface area contributed by atoms with Crippen LogP contribution in [0.4, 0.5) is 17.1 Å². The van der Waals surface area contributed by atoms with Gasteiger partial charge in [0, 0.05) is 16.9 Å². The minimum Gasteiger partial charge on any atom is -0.324 e. The highest BCUT2D eigenvalue weighted by atomic mass is 35.5. The smallest absolute Gasteiger partial charge is 0.255 e. The number of rotatable bonds is 7. The average Bonchev–Trinajstić information content (AvgIpc) is 2.78. The first kappa shape index (κ1) is 27.5. The van der Waals surface area contributed by atoms with Crippen molar-refractivity contribution in [2.24, 2.45) is 0 Å². The van der Waals surface area contributed by atoms with Crippen LogP contribution in [0.25, 0.3) is 0 Å². The molecule has 7 nitrogen and oxygen atoms in total. The van der Waals surface area contributed by atoms with E-state index < -0.39 is 22.5 Å². The Bertz CT molecular complexity index is 1390. The summed E-state index contributed by atoms with van der Waals surface area (Å²) in [6.07, 6.45) is 0.974. The van der Waals surface area contributed by atoms with Gasteiger partial charge >= 0.3 is 0 Å². The Morgan fingerprint density at radius 2 is 1.47 bits per heavy atom. The van der Waals surface area contributed by atoms with Crippen LogP contribution in [-0.4, -0.2) is 33.0 Å². The first-order chi connectivity index (χ1) is 16.8. The number of carbonyl (C=O) groups excluding carboxylic acids is 2. The van der Waals surface area contributed by atoms with Crippen LogP contribution in [0.3, 0.4) is 0 Å². The van der Waals surface area contributed by atoms with Crippen molar-refractivity contribution in [2.45, 2.75) is 26.2 Å². The number of amides is 2. The topological polar surface area (TPSA) is 95.6 Å². The average molecular weight is 548 g/mol. The van der Waals surface area contributed by atoms with Crippen molar-refractivity contribution in [2.75, 3.05) is 27.7 Å². The first-order valence-electron chi connectivity index (χ1n) is 11.0. The summed E-state index contributed by atoms with van der Waals surface area (Å²) in [5.41, 5.74) is 2.54. The fourth-order valence-electron chi connectivity index (χ4n) is 3.40. The maximum atomic E-state index is 12.7. The number of carbonyl (C=O) groups is 2. The molecule has 3 aromatic rings. The number of sulfonamides is 1. The lowest BCUT2D eigenvalue weighted by Crippen LogP contribution is -2.37. The van der Waals surface area contributed by atoms with Gasteiger partial charge in [0.25, 0.3) is 5.91 Å². The molecule has 0 aromatic heterocycles. The molecule has 3 aromatic carbocycles. The molecule has 2 amide bonds. The summed E-state index contributed by atoms with van der Waals surface area (Å²) in [5, 5.41) is 5.65. The molecule has 36 heavy (non-hydrogen) atoms. The van der Waals surface area contributed by atoms with Gasteiger partial charge in [-0.25, -0.2) is 8.42 Å². The monoisotopic (exact) mass is 547 g/mol. The van der Waals surface area contributed by atoms with Gasteiger partial charge in [0.15, 0.2) is 0 Å². The summed E-state index contributed by atoms with van der Waals surface area (Å²) < 4.78 is 25.6. The Morgan fingerprint density at radius 3 is 2.06 bits per heavy atom. The normalized spacial score (nSPS) is 11.6. The van der Waals surface area contributed by atoms with E-state index in [1.807, 2.05) is 12.1 Å². The SMILES string of the molecule is CC(C)(C)c1ccc(C(=O)Nc2cccc(NC(=O)CN(c3cccc(Cl)c3Cl)S(C)(=O)=O)c2)cc1. The number of anilines is 3. The van der Waals surface area contributed by atoms with E-state index in [9.17, 15) is 18.0 Å². The van der Waals surface area contributed by atoms with E-state index in [1.54, 1.807) is 42.5 Å². The Balaban J connectivity index is 1.72. The van der Waals surface area contributed by atoms with Crippen LogP contribution >= 0.6 is 23.2 Å². The highest BCUT2D eigenvalue weighted by molar-refractivity contribution is 7.92. The fraction of sp³-hybridized carbons (Fsp3) is 0.231. The van der Waals surface area contributed by atoms with Crippen molar-refractivity contribution < 1.29 is 18.0 Å². The zero-order valence-electron chi connectivity index (χ0n) is 20.3. The summed E-state index contributed by atoms with van der Waals surface area (Å²) in [5.74, 6) is -0.893. The molecule has 0 atom stereocenters. The minimum atomic E-state index is -3.84. The zero-order valence-corrected chi connectivity index (χ0v) is 22.6. The molecule has 0 spiro atoms. The van der Waals surface area contributed by atoms with Crippen LogP contribution in [0.1, 0.15) is 36.7 Å². The van der Waals surface area contributed by atoms with Crippen LogP contribution in [0.5, 0.6) is 0 Å². The molecule has 2 N–H and O–H groups in total. The highest BCUT2D eigenvalue weighted by Gasteiger charge is 2.24. The van der Waals surface area contributed by atoms with E-state index in [2.05, 4.69) is 31.4 Å². The van der Waals surface area contributed by atoms with E-state index in [1.165, 1.54) is 12.1 Å². The van der Waals surface area contributed by atoms with Crippen molar-refractivity contribution in [3.05, 3.63) is 87.9 Å². The van der Waals surface area contributed by atoms with Gasteiger partial charge in [-0.1, -0.05) is 68.2 Å². The van der Waals surface area contributed by atoms with Crippen molar-refractivity contribution in [1.29, 1.82) is 0 Å². The molecule has 3 rings (SSSR count). The summed E-state index contributed by atoms with van der Waals surface area (Å²) in [6, 6.07) is 18.5. The van der Waals surface area contributed by atoms with Crippen molar-refractivity contribution >= 4 is 62.1 Å². The highest BCUT2D eigenvalue weighted by Crippen LogP contribution is 2.33. The van der Waals surface area contributed by atoms with E-state index in [0.717, 1.165) is 16.1 Å². The number of hydrogen-bond donors (Lipinski definition) is 2. The van der Waals surface area contributed by atoms with Crippen LogP contribution in [-0.2, 0) is 20.2 Å². The van der Waals surface area contributed by atoms with Gasteiger partial charge in [-0.2, -0.15) is 0 Å². The van der Waals surface area contributed by atoms with Crippen molar-refractivity contribution in [3.8, 4) is 0 Å². The number of halogens is 2. The second kappa shape index (κ2) is 10.9. The molecule has 0 aliphatic carbocycles. The van der Waals surface area contributed by atoms with Crippen LogP contribution in [0, 0.1) is 0 Å². The largest absolute Gasteiger partial charge is 0.324 e. The molecule has 0 fully saturated rings. The van der Waals surface area contributed by atoms with E-state index in [4.69, 9.17) is 23.2 Å². The fourth-order valence-corrected chi connectivity index (χ4v) is 4.71. The van der Waals surface area contributed by atoms with E-state index in [0.29, 0.717) is 16.9 Å². The van der Waals surface area contributed by atoms with Crippen LogP contribution < -0.4 is 14.9 Å². The first-order valence-corrected chi connectivity index (χ1v) is 13.6. The van der Waals surface area contributed by atoms with Gasteiger partial charge in [-0.05, 0) is 53.4 Å². The number of hydrogen-bond acceptors (Lipinski definition) is 4. The number of nitrogens with one attached hydrogen (secondary N) is 2. The molecular formula is C26H27Cl2N3O4S. The molecule has 0 heterocycles.